The average Bonchev–Trinajstić information content (AvgIpc) is 3.00. The van der Waals surface area contributed by atoms with Crippen LogP contribution in [0, 0.1) is 5.82 Å². The van der Waals surface area contributed by atoms with Gasteiger partial charge in [0.15, 0.2) is 0 Å². The van der Waals surface area contributed by atoms with E-state index in [0.29, 0.717) is 18.7 Å². The van der Waals surface area contributed by atoms with Crippen LogP contribution < -0.4 is 5.32 Å². The van der Waals surface area contributed by atoms with Crippen molar-refractivity contribution in [2.75, 3.05) is 0 Å². The summed E-state index contributed by atoms with van der Waals surface area (Å²) in [5, 5.41) is 2.90. The Morgan fingerprint density at radius 3 is 2.62 bits per heavy atom. The third kappa shape index (κ3) is 4.36. The molecular formula is C23H24FN3O2. The molecule has 1 unspecified atom stereocenters. The van der Waals surface area contributed by atoms with Gasteiger partial charge in [0, 0.05) is 31.1 Å². The Labute approximate surface area is 169 Å². The molecule has 2 amide bonds. The van der Waals surface area contributed by atoms with E-state index in [1.54, 1.807) is 24.5 Å². The van der Waals surface area contributed by atoms with Crippen LogP contribution in [0.1, 0.15) is 43.2 Å². The summed E-state index contributed by atoms with van der Waals surface area (Å²) in [5.41, 5.74) is 3.62. The number of nitrogens with one attached hydrogen (secondary N) is 1. The molecule has 4 rings (SSSR count). The van der Waals surface area contributed by atoms with Crippen LogP contribution in [0.3, 0.4) is 0 Å². The van der Waals surface area contributed by atoms with Crippen molar-refractivity contribution in [3.63, 3.8) is 0 Å². The van der Waals surface area contributed by atoms with Gasteiger partial charge in [-0.3, -0.25) is 14.6 Å². The van der Waals surface area contributed by atoms with E-state index < -0.39 is 0 Å². The van der Waals surface area contributed by atoms with Crippen molar-refractivity contribution < 1.29 is 14.0 Å². The third-order valence-electron chi connectivity index (χ3n) is 5.70. The van der Waals surface area contributed by atoms with Gasteiger partial charge in [0.05, 0.1) is 12.5 Å². The number of halogens is 1. The van der Waals surface area contributed by atoms with Gasteiger partial charge >= 0.3 is 0 Å². The fourth-order valence-electron chi connectivity index (χ4n) is 4.22. The zero-order valence-electron chi connectivity index (χ0n) is 16.2. The number of benzene rings is 1. The van der Waals surface area contributed by atoms with Crippen molar-refractivity contribution in [2.45, 2.75) is 51.2 Å². The van der Waals surface area contributed by atoms with Gasteiger partial charge in [-0.1, -0.05) is 18.6 Å². The molecule has 1 aromatic heterocycles. The summed E-state index contributed by atoms with van der Waals surface area (Å²) in [6, 6.07) is 10.0. The minimum absolute atomic E-state index is 0.0595. The Bertz CT molecular complexity index is 925. The summed E-state index contributed by atoms with van der Waals surface area (Å²) >= 11 is 0. The van der Waals surface area contributed by atoms with Crippen LogP contribution in [0.4, 0.5) is 4.39 Å². The molecule has 1 fully saturated rings. The van der Waals surface area contributed by atoms with E-state index in [4.69, 9.17) is 0 Å². The Morgan fingerprint density at radius 2 is 1.86 bits per heavy atom. The minimum Gasteiger partial charge on any atom is -0.352 e. The molecule has 1 saturated carbocycles. The summed E-state index contributed by atoms with van der Waals surface area (Å²) < 4.78 is 13.2. The van der Waals surface area contributed by atoms with Crippen molar-refractivity contribution in [1.29, 1.82) is 0 Å². The molecular weight excluding hydrogens is 369 g/mol. The van der Waals surface area contributed by atoms with Crippen molar-refractivity contribution in [1.82, 2.24) is 15.2 Å². The zero-order chi connectivity index (χ0) is 20.2. The largest absolute Gasteiger partial charge is 0.352 e. The average molecular weight is 393 g/mol. The van der Waals surface area contributed by atoms with Gasteiger partial charge in [0.2, 0.25) is 5.91 Å². The maximum Gasteiger partial charge on any atom is 0.251 e. The monoisotopic (exact) mass is 393 g/mol. The number of carbonyl (C=O) groups excluding carboxylic acids is 2. The fraction of sp³-hybridized carbons (Fsp3) is 0.348. The van der Waals surface area contributed by atoms with Crippen LogP contribution in [0.15, 0.2) is 59.9 Å². The predicted octanol–water partition coefficient (Wildman–Crippen LogP) is 3.51. The Kier molecular flexibility index (Phi) is 5.69. The SMILES string of the molecule is O=C(CC1=C2CCCCC2N(Cc2ccc(F)cc2)C1=O)NCc1ccncc1. The Balaban J connectivity index is 1.45. The lowest BCUT2D eigenvalue weighted by atomic mass is 9.88. The zero-order valence-corrected chi connectivity index (χ0v) is 16.2. The molecule has 6 heteroatoms. The maximum atomic E-state index is 13.2. The molecule has 1 aromatic carbocycles. The Hall–Kier alpha value is -3.02. The molecule has 0 saturated heterocycles. The van der Waals surface area contributed by atoms with E-state index in [2.05, 4.69) is 10.3 Å². The normalized spacial score (nSPS) is 18.7. The third-order valence-corrected chi connectivity index (χ3v) is 5.70. The minimum atomic E-state index is -0.287. The lowest BCUT2D eigenvalue weighted by Crippen LogP contribution is -2.36. The molecule has 2 aromatic rings. The first-order valence-corrected chi connectivity index (χ1v) is 10.0. The second kappa shape index (κ2) is 8.55. The van der Waals surface area contributed by atoms with Crippen molar-refractivity contribution in [3.05, 3.63) is 76.9 Å². The number of aromatic nitrogens is 1. The first kappa shape index (κ1) is 19.3. The second-order valence-electron chi connectivity index (χ2n) is 7.63. The van der Waals surface area contributed by atoms with Gasteiger partial charge in [-0.2, -0.15) is 0 Å². The lowest BCUT2D eigenvalue weighted by molar-refractivity contribution is -0.129. The molecule has 1 aliphatic carbocycles. The Morgan fingerprint density at radius 1 is 1.10 bits per heavy atom. The molecule has 1 aliphatic heterocycles. The highest BCUT2D eigenvalue weighted by molar-refractivity contribution is 6.02. The van der Waals surface area contributed by atoms with E-state index in [1.807, 2.05) is 17.0 Å². The van der Waals surface area contributed by atoms with E-state index in [9.17, 15) is 14.0 Å². The van der Waals surface area contributed by atoms with Crippen molar-refractivity contribution in [3.8, 4) is 0 Å². The van der Waals surface area contributed by atoms with E-state index in [-0.39, 0.29) is 30.1 Å². The second-order valence-corrected chi connectivity index (χ2v) is 7.63. The predicted molar refractivity (Wildman–Crippen MR) is 107 cm³/mol. The number of hydrogen-bond acceptors (Lipinski definition) is 3. The van der Waals surface area contributed by atoms with Gasteiger partial charge in [-0.15, -0.1) is 0 Å². The van der Waals surface area contributed by atoms with Gasteiger partial charge < -0.3 is 10.2 Å². The highest BCUT2D eigenvalue weighted by Crippen LogP contribution is 2.38. The first-order valence-electron chi connectivity index (χ1n) is 10.0. The number of amides is 2. The van der Waals surface area contributed by atoms with Crippen LogP contribution in [-0.4, -0.2) is 27.7 Å². The molecule has 2 aliphatic rings. The molecule has 5 nitrogen and oxygen atoms in total. The van der Waals surface area contributed by atoms with E-state index in [1.165, 1.54) is 12.1 Å². The highest BCUT2D eigenvalue weighted by Gasteiger charge is 2.40. The van der Waals surface area contributed by atoms with Gasteiger partial charge in [-0.25, -0.2) is 4.39 Å². The summed E-state index contributed by atoms with van der Waals surface area (Å²) in [4.78, 5) is 31.5. The standard InChI is InChI=1S/C23H24FN3O2/c24-18-7-5-17(6-8-18)15-27-21-4-2-1-3-19(21)20(23(27)29)13-22(28)26-14-16-9-11-25-12-10-16/h5-12,21H,1-4,13-15H2,(H,26,28). The maximum absolute atomic E-state index is 13.2. The molecule has 150 valence electrons. The number of carbonyl (C=O) groups is 2. The number of hydrogen-bond donors (Lipinski definition) is 1. The van der Waals surface area contributed by atoms with Crippen LogP contribution in [0.5, 0.6) is 0 Å². The summed E-state index contributed by atoms with van der Waals surface area (Å²) in [7, 11) is 0. The lowest BCUT2D eigenvalue weighted by Gasteiger charge is -2.30. The van der Waals surface area contributed by atoms with Crippen molar-refractivity contribution in [2.24, 2.45) is 0 Å². The quantitative estimate of drug-likeness (QED) is 0.817. The van der Waals surface area contributed by atoms with Gasteiger partial charge in [0.25, 0.3) is 5.91 Å². The molecule has 29 heavy (non-hydrogen) atoms. The van der Waals surface area contributed by atoms with Crippen LogP contribution in [0.25, 0.3) is 0 Å². The van der Waals surface area contributed by atoms with Gasteiger partial charge in [0.1, 0.15) is 5.82 Å². The molecule has 2 heterocycles. The molecule has 1 N–H and O–H groups in total. The molecule has 0 bridgehead atoms. The smallest absolute Gasteiger partial charge is 0.251 e. The van der Waals surface area contributed by atoms with Crippen molar-refractivity contribution >= 4 is 11.8 Å². The highest BCUT2D eigenvalue weighted by atomic mass is 19.1. The summed E-state index contributed by atoms with van der Waals surface area (Å²) in [6.07, 6.45) is 7.39. The van der Waals surface area contributed by atoms with Crippen LogP contribution >= 0.6 is 0 Å². The number of rotatable bonds is 6. The van der Waals surface area contributed by atoms with Gasteiger partial charge in [-0.05, 0) is 60.2 Å². The van der Waals surface area contributed by atoms with E-state index >= 15 is 0 Å². The molecule has 0 spiro atoms. The summed E-state index contributed by atoms with van der Waals surface area (Å²) in [5.74, 6) is -0.495. The fourth-order valence-corrected chi connectivity index (χ4v) is 4.22. The summed E-state index contributed by atoms with van der Waals surface area (Å²) in [6.45, 7) is 0.857. The number of nitrogens with zero attached hydrogens (tertiary/aromatic N) is 2. The van der Waals surface area contributed by atoms with Crippen LogP contribution in [-0.2, 0) is 22.7 Å². The molecule has 0 radical (unpaired) electrons. The van der Waals surface area contributed by atoms with Crippen LogP contribution in [0.2, 0.25) is 0 Å². The number of pyridine rings is 1. The topological polar surface area (TPSA) is 62.3 Å². The van der Waals surface area contributed by atoms with E-state index in [0.717, 1.165) is 42.4 Å². The first-order chi connectivity index (χ1) is 14.1. The number of fused-ring (bicyclic) bond motifs is 1. The molecule has 1 atom stereocenters.